The molecule has 5 nitrogen and oxygen atoms in total. The van der Waals surface area contributed by atoms with Crippen LogP contribution in [0.3, 0.4) is 0 Å². The lowest BCUT2D eigenvalue weighted by atomic mass is 9.81. The van der Waals surface area contributed by atoms with E-state index in [2.05, 4.69) is 0 Å². The van der Waals surface area contributed by atoms with Crippen LogP contribution in [0.15, 0.2) is 0 Å². The molecular formula is C13H18N2O3. The Morgan fingerprint density at radius 1 is 1.28 bits per heavy atom. The molecule has 0 aromatic carbocycles. The maximum Gasteiger partial charge on any atom is 0.240 e. The molecule has 5 atom stereocenters. The van der Waals surface area contributed by atoms with Gasteiger partial charge in [0.25, 0.3) is 0 Å². The Bertz CT molecular complexity index is 406. The normalized spacial score (nSPS) is 39.3. The van der Waals surface area contributed by atoms with Crippen molar-refractivity contribution >= 4 is 17.7 Å². The molecule has 2 bridgehead atoms. The Kier molecular flexibility index (Phi) is 2.47. The largest absolute Gasteiger partial charge is 0.368 e. The van der Waals surface area contributed by atoms with Crippen LogP contribution in [0.25, 0.3) is 0 Å². The van der Waals surface area contributed by atoms with Gasteiger partial charge < -0.3 is 5.73 Å². The molecule has 1 aliphatic heterocycles. The average Bonchev–Trinajstić information content (AvgIpc) is 2.98. The van der Waals surface area contributed by atoms with Gasteiger partial charge in [-0.05, 0) is 37.5 Å². The highest BCUT2D eigenvalue weighted by Crippen LogP contribution is 2.56. The number of hydrogen-bond donors (Lipinski definition) is 1. The molecule has 3 aliphatic rings. The first-order valence-electron chi connectivity index (χ1n) is 6.72. The molecule has 1 saturated heterocycles. The molecule has 0 aromatic heterocycles. The summed E-state index contributed by atoms with van der Waals surface area (Å²) in [6, 6.07) is -0.755. The van der Waals surface area contributed by atoms with E-state index in [9.17, 15) is 14.4 Å². The van der Waals surface area contributed by atoms with Crippen LogP contribution in [0.5, 0.6) is 0 Å². The molecule has 3 amide bonds. The van der Waals surface area contributed by atoms with Gasteiger partial charge in [-0.2, -0.15) is 0 Å². The molecule has 0 radical (unpaired) electrons. The maximum absolute atomic E-state index is 12.4. The van der Waals surface area contributed by atoms with E-state index in [-0.39, 0.29) is 23.7 Å². The average molecular weight is 250 g/mol. The summed E-state index contributed by atoms with van der Waals surface area (Å²) >= 11 is 0. The lowest BCUT2D eigenvalue weighted by Crippen LogP contribution is -2.48. The summed E-state index contributed by atoms with van der Waals surface area (Å²) in [5.41, 5.74) is 5.30. The molecule has 2 N–H and O–H groups in total. The molecule has 2 aliphatic carbocycles. The van der Waals surface area contributed by atoms with E-state index in [0.717, 1.165) is 19.3 Å². The lowest BCUT2D eigenvalue weighted by molar-refractivity contribution is -0.148. The molecule has 3 fully saturated rings. The number of likely N-dealkylation sites (tertiary alicyclic amines) is 1. The van der Waals surface area contributed by atoms with Gasteiger partial charge in [-0.25, -0.2) is 0 Å². The van der Waals surface area contributed by atoms with Gasteiger partial charge in [-0.15, -0.1) is 0 Å². The number of amides is 3. The van der Waals surface area contributed by atoms with E-state index >= 15 is 0 Å². The van der Waals surface area contributed by atoms with Crippen LogP contribution in [0.2, 0.25) is 0 Å². The highest BCUT2D eigenvalue weighted by Gasteiger charge is 2.62. The van der Waals surface area contributed by atoms with Crippen molar-refractivity contribution in [3.8, 4) is 0 Å². The molecule has 3 rings (SSSR count). The summed E-state index contributed by atoms with van der Waals surface area (Å²) in [6.45, 7) is 1.78. The minimum Gasteiger partial charge on any atom is -0.368 e. The fourth-order valence-corrected chi connectivity index (χ4v) is 4.25. The fraction of sp³-hybridized carbons (Fsp3) is 0.769. The number of fused-ring (bicyclic) bond motifs is 5. The number of hydrogen-bond acceptors (Lipinski definition) is 3. The van der Waals surface area contributed by atoms with Gasteiger partial charge in [0.2, 0.25) is 17.7 Å². The van der Waals surface area contributed by atoms with Gasteiger partial charge in [0.15, 0.2) is 0 Å². The summed E-state index contributed by atoms with van der Waals surface area (Å²) < 4.78 is 0. The van der Waals surface area contributed by atoms with Crippen molar-refractivity contribution < 1.29 is 14.4 Å². The molecule has 2 saturated carbocycles. The molecule has 0 unspecified atom stereocenters. The van der Waals surface area contributed by atoms with Crippen LogP contribution in [-0.2, 0) is 14.4 Å². The number of primary amides is 1. The number of nitrogens with zero attached hydrogens (tertiary/aromatic N) is 1. The van der Waals surface area contributed by atoms with E-state index in [0.29, 0.717) is 18.3 Å². The molecule has 18 heavy (non-hydrogen) atoms. The molecule has 98 valence electrons. The predicted molar refractivity (Wildman–Crippen MR) is 62.9 cm³/mol. The third kappa shape index (κ3) is 1.30. The molecule has 0 aromatic rings. The molecule has 5 heteroatoms. The second-order valence-electron chi connectivity index (χ2n) is 5.76. The number of carbonyl (C=O) groups excluding carboxylic acids is 3. The van der Waals surface area contributed by atoms with Crippen molar-refractivity contribution in [3.05, 3.63) is 0 Å². The third-order valence-corrected chi connectivity index (χ3v) is 4.99. The number of nitrogens with two attached hydrogens (primary N) is 1. The lowest BCUT2D eigenvalue weighted by Gasteiger charge is -2.24. The summed E-state index contributed by atoms with van der Waals surface area (Å²) in [5.74, 6) is -0.495. The number of imide groups is 1. The van der Waals surface area contributed by atoms with Crippen LogP contribution >= 0.6 is 0 Å². The Labute approximate surface area is 106 Å². The highest BCUT2D eigenvalue weighted by atomic mass is 16.2. The quantitative estimate of drug-likeness (QED) is 0.731. The second-order valence-corrected chi connectivity index (χ2v) is 5.76. The molecule has 1 heterocycles. The first kappa shape index (κ1) is 11.7. The van der Waals surface area contributed by atoms with Crippen molar-refractivity contribution in [1.29, 1.82) is 0 Å². The smallest absolute Gasteiger partial charge is 0.240 e. The number of rotatable bonds is 3. The van der Waals surface area contributed by atoms with E-state index in [1.54, 1.807) is 6.92 Å². The first-order valence-corrected chi connectivity index (χ1v) is 6.72. The van der Waals surface area contributed by atoms with Crippen molar-refractivity contribution in [3.63, 3.8) is 0 Å². The zero-order valence-electron chi connectivity index (χ0n) is 10.5. The Hall–Kier alpha value is -1.39. The van der Waals surface area contributed by atoms with Crippen LogP contribution in [-0.4, -0.2) is 28.7 Å². The maximum atomic E-state index is 12.4. The van der Waals surface area contributed by atoms with Crippen molar-refractivity contribution in [1.82, 2.24) is 4.90 Å². The van der Waals surface area contributed by atoms with Gasteiger partial charge in [0.05, 0.1) is 11.8 Å². The van der Waals surface area contributed by atoms with Crippen LogP contribution in [0, 0.1) is 23.7 Å². The summed E-state index contributed by atoms with van der Waals surface area (Å²) in [5, 5.41) is 0. The van der Waals surface area contributed by atoms with Gasteiger partial charge in [0, 0.05) is 0 Å². The predicted octanol–water partition coefficient (Wildman–Crippen LogP) is 0.281. The SMILES string of the molecule is CC[C@H](C(N)=O)N1C(=O)[C@@H]2[C@@H]3CC[C@@H](C3)[C@@H]2C1=O. The van der Waals surface area contributed by atoms with Gasteiger partial charge >= 0.3 is 0 Å². The van der Waals surface area contributed by atoms with Gasteiger partial charge in [-0.3, -0.25) is 19.3 Å². The highest BCUT2D eigenvalue weighted by molar-refractivity contribution is 6.08. The van der Waals surface area contributed by atoms with Crippen LogP contribution < -0.4 is 5.73 Å². The minimum atomic E-state index is -0.755. The fourth-order valence-electron chi connectivity index (χ4n) is 4.25. The monoisotopic (exact) mass is 250 g/mol. The standard InChI is InChI=1S/C13H18N2O3/c1-2-8(11(14)16)15-12(17)9-6-3-4-7(5-6)10(9)13(15)18/h6-10H,2-5H2,1H3,(H2,14,16)/t6-,7+,8-,9-,10+/m1/s1. The van der Waals surface area contributed by atoms with Crippen LogP contribution in [0.1, 0.15) is 32.6 Å². The van der Waals surface area contributed by atoms with Crippen molar-refractivity contribution in [2.75, 3.05) is 0 Å². The minimum absolute atomic E-state index is 0.150. The van der Waals surface area contributed by atoms with Gasteiger partial charge in [-0.1, -0.05) is 6.92 Å². The first-order chi connectivity index (χ1) is 8.56. The zero-order chi connectivity index (χ0) is 13.0. The third-order valence-electron chi connectivity index (χ3n) is 4.99. The van der Waals surface area contributed by atoms with E-state index in [4.69, 9.17) is 5.73 Å². The summed E-state index contributed by atoms with van der Waals surface area (Å²) in [7, 11) is 0. The summed E-state index contributed by atoms with van der Waals surface area (Å²) in [6.07, 6.45) is 3.51. The zero-order valence-corrected chi connectivity index (χ0v) is 10.5. The topological polar surface area (TPSA) is 80.5 Å². The number of carbonyl (C=O) groups is 3. The Morgan fingerprint density at radius 2 is 1.78 bits per heavy atom. The van der Waals surface area contributed by atoms with Gasteiger partial charge in [0.1, 0.15) is 6.04 Å². The van der Waals surface area contributed by atoms with E-state index in [1.807, 2.05) is 0 Å². The molecule has 0 spiro atoms. The van der Waals surface area contributed by atoms with E-state index in [1.165, 1.54) is 4.90 Å². The second kappa shape index (κ2) is 3.80. The van der Waals surface area contributed by atoms with Crippen molar-refractivity contribution in [2.45, 2.75) is 38.6 Å². The Balaban J connectivity index is 1.93. The van der Waals surface area contributed by atoms with Crippen molar-refractivity contribution in [2.24, 2.45) is 29.4 Å². The summed E-state index contributed by atoms with van der Waals surface area (Å²) in [4.78, 5) is 37.3. The Morgan fingerprint density at radius 3 is 2.17 bits per heavy atom. The molecular weight excluding hydrogens is 232 g/mol. The van der Waals surface area contributed by atoms with E-state index < -0.39 is 11.9 Å². The van der Waals surface area contributed by atoms with Crippen LogP contribution in [0.4, 0.5) is 0 Å².